The molecule has 1 atom stereocenters. The molecule has 0 heterocycles. The average molecular weight is 421 g/mol. The van der Waals surface area contributed by atoms with Crippen molar-refractivity contribution in [3.8, 4) is 5.75 Å². The lowest BCUT2D eigenvalue weighted by molar-refractivity contribution is -0.274. The highest BCUT2D eigenvalue weighted by Crippen LogP contribution is 2.32. The van der Waals surface area contributed by atoms with Gasteiger partial charge >= 0.3 is 12.3 Å². The van der Waals surface area contributed by atoms with Gasteiger partial charge in [0.05, 0.1) is 11.6 Å². The van der Waals surface area contributed by atoms with Crippen molar-refractivity contribution < 1.29 is 27.4 Å². The Morgan fingerprint density at radius 3 is 2.60 bits per heavy atom. The second-order valence-electron chi connectivity index (χ2n) is 3.56. The van der Waals surface area contributed by atoms with E-state index in [1.54, 1.807) is 0 Å². The van der Waals surface area contributed by atoms with Crippen molar-refractivity contribution in [1.82, 2.24) is 0 Å². The normalized spacial score (nSPS) is 12.7. The molecule has 1 aromatic rings. The summed E-state index contributed by atoms with van der Waals surface area (Å²) in [7, 11) is 1.26. The first-order valence-electron chi connectivity index (χ1n) is 5.24. The second kappa shape index (κ2) is 7.16. The van der Waals surface area contributed by atoms with Gasteiger partial charge in [-0.25, -0.2) is 0 Å². The summed E-state index contributed by atoms with van der Waals surface area (Å²) < 4.78 is 44.7. The molecule has 0 aliphatic rings. The van der Waals surface area contributed by atoms with Crippen molar-refractivity contribution in [3.63, 3.8) is 0 Å². The van der Waals surface area contributed by atoms with Gasteiger partial charge in [0.2, 0.25) is 0 Å². The van der Waals surface area contributed by atoms with Crippen molar-refractivity contribution in [3.05, 3.63) is 22.7 Å². The van der Waals surface area contributed by atoms with Crippen molar-refractivity contribution in [2.75, 3.05) is 19.0 Å². The van der Waals surface area contributed by atoms with E-state index in [4.69, 9.17) is 0 Å². The lowest BCUT2D eigenvalue weighted by Gasteiger charge is -2.13. The summed E-state index contributed by atoms with van der Waals surface area (Å²) in [6, 6.07) is 3.99. The Labute approximate surface area is 129 Å². The SMILES string of the molecule is COC(=O)C(Br)CNc1ccc(OC(F)(F)F)c(Br)c1. The number of nitrogens with one attached hydrogen (secondary N) is 1. The Bertz CT molecular complexity index is 482. The van der Waals surface area contributed by atoms with Gasteiger partial charge in [0.15, 0.2) is 0 Å². The van der Waals surface area contributed by atoms with Crippen LogP contribution in [0, 0.1) is 0 Å². The van der Waals surface area contributed by atoms with E-state index in [-0.39, 0.29) is 16.8 Å². The van der Waals surface area contributed by atoms with Crippen LogP contribution in [-0.2, 0) is 9.53 Å². The third-order valence-electron chi connectivity index (χ3n) is 2.10. The molecular formula is C11H10Br2F3NO3. The summed E-state index contributed by atoms with van der Waals surface area (Å²) in [5.74, 6) is -0.792. The molecule has 112 valence electrons. The Balaban J connectivity index is 2.66. The molecule has 1 N–H and O–H groups in total. The number of hydrogen-bond donors (Lipinski definition) is 1. The van der Waals surface area contributed by atoms with Crippen LogP contribution in [0.15, 0.2) is 22.7 Å². The predicted molar refractivity (Wildman–Crippen MR) is 74.0 cm³/mol. The molecule has 1 unspecified atom stereocenters. The predicted octanol–water partition coefficient (Wildman–Crippen LogP) is 3.70. The maximum Gasteiger partial charge on any atom is 0.573 e. The number of esters is 1. The lowest BCUT2D eigenvalue weighted by atomic mass is 10.3. The van der Waals surface area contributed by atoms with Gasteiger partial charge in [-0.15, -0.1) is 13.2 Å². The minimum absolute atomic E-state index is 0.143. The van der Waals surface area contributed by atoms with Gasteiger partial charge in [-0.1, -0.05) is 15.9 Å². The number of hydrogen-bond acceptors (Lipinski definition) is 4. The molecule has 0 amide bonds. The van der Waals surface area contributed by atoms with Crippen molar-refractivity contribution >= 4 is 43.5 Å². The molecule has 0 radical (unpaired) electrons. The van der Waals surface area contributed by atoms with Crippen LogP contribution in [0.5, 0.6) is 5.75 Å². The van der Waals surface area contributed by atoms with Gasteiger partial charge in [0, 0.05) is 12.2 Å². The lowest BCUT2D eigenvalue weighted by Crippen LogP contribution is -2.24. The number of carbonyl (C=O) groups is 1. The quantitative estimate of drug-likeness (QED) is 0.582. The van der Waals surface area contributed by atoms with E-state index in [9.17, 15) is 18.0 Å². The molecule has 4 nitrogen and oxygen atoms in total. The van der Waals surface area contributed by atoms with E-state index in [2.05, 4.69) is 46.7 Å². The number of ether oxygens (including phenoxy) is 2. The van der Waals surface area contributed by atoms with E-state index in [1.165, 1.54) is 25.3 Å². The molecular weight excluding hydrogens is 411 g/mol. The minimum atomic E-state index is -4.75. The first kappa shape index (κ1) is 17.1. The first-order valence-corrected chi connectivity index (χ1v) is 6.95. The van der Waals surface area contributed by atoms with Gasteiger partial charge < -0.3 is 14.8 Å². The molecule has 0 spiro atoms. The Morgan fingerprint density at radius 1 is 1.45 bits per heavy atom. The Hall–Kier alpha value is -0.960. The van der Waals surface area contributed by atoms with Crippen LogP contribution in [-0.4, -0.2) is 30.8 Å². The highest BCUT2D eigenvalue weighted by molar-refractivity contribution is 9.10. The fraction of sp³-hybridized carbons (Fsp3) is 0.364. The number of rotatable bonds is 5. The summed E-state index contributed by atoms with van der Waals surface area (Å²) >= 11 is 6.09. The highest BCUT2D eigenvalue weighted by atomic mass is 79.9. The maximum absolute atomic E-state index is 12.1. The fourth-order valence-electron chi connectivity index (χ4n) is 1.24. The molecule has 0 saturated carbocycles. The van der Waals surface area contributed by atoms with E-state index in [0.717, 1.165) is 0 Å². The molecule has 0 aliphatic carbocycles. The van der Waals surface area contributed by atoms with E-state index < -0.39 is 17.2 Å². The number of benzene rings is 1. The zero-order valence-corrected chi connectivity index (χ0v) is 13.3. The molecule has 1 aromatic carbocycles. The van der Waals surface area contributed by atoms with Crippen LogP contribution in [0.25, 0.3) is 0 Å². The van der Waals surface area contributed by atoms with Crippen molar-refractivity contribution in [2.45, 2.75) is 11.2 Å². The fourth-order valence-corrected chi connectivity index (χ4v) is 2.05. The van der Waals surface area contributed by atoms with Crippen LogP contribution >= 0.6 is 31.9 Å². The zero-order valence-electron chi connectivity index (χ0n) is 10.1. The topological polar surface area (TPSA) is 47.6 Å². The first-order chi connectivity index (χ1) is 9.23. The van der Waals surface area contributed by atoms with E-state index in [0.29, 0.717) is 5.69 Å². The molecule has 0 aliphatic heterocycles. The third kappa shape index (κ3) is 5.58. The van der Waals surface area contributed by atoms with E-state index >= 15 is 0 Å². The van der Waals surface area contributed by atoms with Crippen molar-refractivity contribution in [1.29, 1.82) is 0 Å². The van der Waals surface area contributed by atoms with Crippen LogP contribution in [0.2, 0.25) is 0 Å². The van der Waals surface area contributed by atoms with Crippen LogP contribution < -0.4 is 10.1 Å². The molecule has 0 bridgehead atoms. The highest BCUT2D eigenvalue weighted by Gasteiger charge is 2.31. The second-order valence-corrected chi connectivity index (χ2v) is 5.52. The summed E-state index contributed by atoms with van der Waals surface area (Å²) in [5, 5.41) is 2.88. The van der Waals surface area contributed by atoms with Crippen LogP contribution in [0.3, 0.4) is 0 Å². The van der Waals surface area contributed by atoms with Gasteiger partial charge in [-0.2, -0.15) is 0 Å². The molecule has 0 fully saturated rings. The van der Waals surface area contributed by atoms with Gasteiger partial charge in [-0.3, -0.25) is 4.79 Å². The van der Waals surface area contributed by atoms with Gasteiger partial charge in [0.25, 0.3) is 0 Å². The van der Waals surface area contributed by atoms with Crippen LogP contribution in [0.1, 0.15) is 0 Å². The third-order valence-corrected chi connectivity index (χ3v) is 3.42. The average Bonchev–Trinajstić information content (AvgIpc) is 2.36. The molecule has 0 aromatic heterocycles. The van der Waals surface area contributed by atoms with Gasteiger partial charge in [-0.05, 0) is 34.1 Å². The number of halogens is 5. The summed E-state index contributed by atoms with van der Waals surface area (Å²) in [5.41, 5.74) is 0.528. The van der Waals surface area contributed by atoms with Crippen LogP contribution in [0.4, 0.5) is 18.9 Å². The smallest absolute Gasteiger partial charge is 0.468 e. The number of anilines is 1. The molecule has 1 rings (SSSR count). The number of carbonyl (C=O) groups excluding carboxylic acids is 1. The molecule has 20 heavy (non-hydrogen) atoms. The number of methoxy groups -OCH3 is 1. The number of alkyl halides is 4. The molecule has 0 saturated heterocycles. The van der Waals surface area contributed by atoms with E-state index in [1.807, 2.05) is 0 Å². The Morgan fingerprint density at radius 2 is 2.10 bits per heavy atom. The summed E-state index contributed by atoms with van der Waals surface area (Å²) in [4.78, 5) is 10.6. The summed E-state index contributed by atoms with van der Waals surface area (Å²) in [6.45, 7) is 0.221. The van der Waals surface area contributed by atoms with Gasteiger partial charge in [0.1, 0.15) is 10.6 Å². The maximum atomic E-state index is 12.1. The molecule has 9 heteroatoms. The van der Waals surface area contributed by atoms with Crippen molar-refractivity contribution in [2.24, 2.45) is 0 Å². The standard InChI is InChI=1S/C11H10Br2F3NO3/c1-19-10(18)8(13)5-17-6-2-3-9(7(12)4-6)20-11(14,15)16/h2-4,8,17H,5H2,1H3. The minimum Gasteiger partial charge on any atom is -0.468 e. The summed E-state index contributed by atoms with van der Waals surface area (Å²) in [6.07, 6.45) is -4.75. The monoisotopic (exact) mass is 419 g/mol. The largest absolute Gasteiger partial charge is 0.573 e. The Kier molecular flexibility index (Phi) is 6.12. The zero-order chi connectivity index (χ0) is 15.3.